The minimum absolute atomic E-state index is 0.0463. The lowest BCUT2D eigenvalue weighted by atomic mass is 10.1. The lowest BCUT2D eigenvalue weighted by Gasteiger charge is -2.24. The Morgan fingerprint density at radius 2 is 2.14 bits per heavy atom. The van der Waals surface area contributed by atoms with E-state index in [9.17, 15) is 4.79 Å². The summed E-state index contributed by atoms with van der Waals surface area (Å²) in [6.07, 6.45) is 0.911. The number of carbonyl (C=O) groups excluding carboxylic acids is 1. The van der Waals surface area contributed by atoms with Crippen molar-refractivity contribution in [3.05, 3.63) is 0 Å². The Bertz CT molecular complexity index is 211. The van der Waals surface area contributed by atoms with Crippen molar-refractivity contribution in [2.24, 2.45) is 0 Å². The summed E-state index contributed by atoms with van der Waals surface area (Å²) >= 11 is 0. The first kappa shape index (κ1) is 11.5. The zero-order valence-electron chi connectivity index (χ0n) is 9.39. The third-order valence-corrected chi connectivity index (χ3v) is 2.17. The fourth-order valence-electron chi connectivity index (χ4n) is 1.67. The zero-order chi connectivity index (χ0) is 10.8. The molecular formula is C10H20N2O2. The van der Waals surface area contributed by atoms with Gasteiger partial charge in [0.05, 0.1) is 17.7 Å². The van der Waals surface area contributed by atoms with Crippen LogP contribution >= 0.6 is 0 Å². The van der Waals surface area contributed by atoms with Crippen LogP contribution in [0.2, 0.25) is 0 Å². The quantitative estimate of drug-likeness (QED) is 0.673. The van der Waals surface area contributed by atoms with Gasteiger partial charge in [-0.3, -0.25) is 4.79 Å². The van der Waals surface area contributed by atoms with Crippen molar-refractivity contribution in [2.75, 3.05) is 13.6 Å². The Morgan fingerprint density at radius 3 is 2.64 bits per heavy atom. The lowest BCUT2D eigenvalue weighted by Crippen LogP contribution is -2.38. The molecule has 1 saturated heterocycles. The van der Waals surface area contributed by atoms with E-state index < -0.39 is 0 Å². The van der Waals surface area contributed by atoms with Crippen LogP contribution < -0.4 is 10.6 Å². The maximum Gasteiger partial charge on any atom is 0.236 e. The minimum atomic E-state index is -0.135. The van der Waals surface area contributed by atoms with Crippen molar-refractivity contribution >= 4 is 5.91 Å². The molecular weight excluding hydrogens is 180 g/mol. The van der Waals surface area contributed by atoms with Crippen LogP contribution in [0.25, 0.3) is 0 Å². The first-order valence-corrected chi connectivity index (χ1v) is 5.05. The van der Waals surface area contributed by atoms with Crippen molar-refractivity contribution in [2.45, 2.75) is 44.9 Å². The monoisotopic (exact) mass is 200 g/mol. The van der Waals surface area contributed by atoms with Crippen molar-refractivity contribution in [1.82, 2.24) is 10.6 Å². The van der Waals surface area contributed by atoms with Gasteiger partial charge in [-0.05, 0) is 27.2 Å². The summed E-state index contributed by atoms with van der Waals surface area (Å²) < 4.78 is 5.78. The Kier molecular flexibility index (Phi) is 3.50. The molecule has 1 aliphatic heterocycles. The highest BCUT2D eigenvalue weighted by atomic mass is 16.5. The van der Waals surface area contributed by atoms with Gasteiger partial charge >= 0.3 is 0 Å². The molecule has 14 heavy (non-hydrogen) atoms. The van der Waals surface area contributed by atoms with E-state index >= 15 is 0 Å². The van der Waals surface area contributed by atoms with E-state index in [2.05, 4.69) is 10.6 Å². The molecule has 1 amide bonds. The van der Waals surface area contributed by atoms with Crippen LogP contribution in [-0.2, 0) is 9.53 Å². The average Bonchev–Trinajstić information content (AvgIpc) is 2.48. The second-order valence-electron chi connectivity index (χ2n) is 4.66. The molecule has 0 aromatic heterocycles. The van der Waals surface area contributed by atoms with Gasteiger partial charge in [-0.15, -0.1) is 0 Å². The van der Waals surface area contributed by atoms with Crippen molar-refractivity contribution in [3.8, 4) is 0 Å². The van der Waals surface area contributed by atoms with Gasteiger partial charge in [0.25, 0.3) is 0 Å². The van der Waals surface area contributed by atoms with E-state index in [1.807, 2.05) is 20.8 Å². The van der Waals surface area contributed by atoms with Crippen LogP contribution in [0, 0.1) is 0 Å². The van der Waals surface area contributed by atoms with E-state index in [-0.39, 0.29) is 23.7 Å². The van der Waals surface area contributed by atoms with Gasteiger partial charge in [-0.2, -0.15) is 0 Å². The van der Waals surface area contributed by atoms with Gasteiger partial charge in [-0.25, -0.2) is 0 Å². The smallest absolute Gasteiger partial charge is 0.236 e. The highest BCUT2D eigenvalue weighted by Gasteiger charge is 2.31. The lowest BCUT2D eigenvalue weighted by molar-refractivity contribution is -0.122. The summed E-state index contributed by atoms with van der Waals surface area (Å²) in [5.41, 5.74) is -0.135. The normalized spacial score (nSPS) is 27.7. The molecule has 0 unspecified atom stereocenters. The molecule has 0 saturated carbocycles. The number of hydrogen-bond acceptors (Lipinski definition) is 3. The van der Waals surface area contributed by atoms with E-state index in [0.717, 1.165) is 13.0 Å². The zero-order valence-corrected chi connectivity index (χ0v) is 9.39. The molecule has 0 aromatic rings. The summed E-state index contributed by atoms with van der Waals surface area (Å²) in [7, 11) is 1.65. The summed E-state index contributed by atoms with van der Waals surface area (Å²) in [5.74, 6) is 0.0463. The predicted octanol–water partition coefficient (Wildman–Crippen LogP) is 0.278. The molecule has 82 valence electrons. The molecule has 0 aromatic carbocycles. The number of hydrogen-bond donors (Lipinski definition) is 2. The van der Waals surface area contributed by atoms with Crippen molar-refractivity contribution in [1.29, 1.82) is 0 Å². The SMILES string of the molecule is CNC(=O)[C@@H]1C[C@@H](OC(C)(C)C)CN1. The van der Waals surface area contributed by atoms with Gasteiger partial charge in [0.15, 0.2) is 0 Å². The maximum atomic E-state index is 11.3. The Hall–Kier alpha value is -0.610. The molecule has 0 aliphatic carbocycles. The van der Waals surface area contributed by atoms with E-state index in [1.165, 1.54) is 0 Å². The van der Waals surface area contributed by atoms with Crippen molar-refractivity contribution < 1.29 is 9.53 Å². The Labute approximate surface area is 85.4 Å². The third-order valence-electron chi connectivity index (χ3n) is 2.17. The molecule has 1 aliphatic rings. The van der Waals surface area contributed by atoms with E-state index in [4.69, 9.17) is 4.74 Å². The van der Waals surface area contributed by atoms with Gasteiger partial charge in [0, 0.05) is 13.6 Å². The fraction of sp³-hybridized carbons (Fsp3) is 0.900. The number of ether oxygens (including phenoxy) is 1. The molecule has 1 rings (SSSR count). The standard InChI is InChI=1S/C10H20N2O2/c1-10(2,3)14-7-5-8(12-6-7)9(13)11-4/h7-8,12H,5-6H2,1-4H3,(H,11,13)/t7-,8+/m1/s1. The summed E-state index contributed by atoms with van der Waals surface area (Å²) in [5, 5.41) is 5.78. The molecule has 2 atom stereocenters. The summed E-state index contributed by atoms with van der Waals surface area (Å²) in [6, 6.07) is -0.0904. The van der Waals surface area contributed by atoms with Gasteiger partial charge in [0.1, 0.15) is 0 Å². The molecule has 0 radical (unpaired) electrons. The second-order valence-corrected chi connectivity index (χ2v) is 4.66. The first-order valence-electron chi connectivity index (χ1n) is 5.05. The van der Waals surface area contributed by atoms with Crippen LogP contribution in [0.5, 0.6) is 0 Å². The van der Waals surface area contributed by atoms with Crippen LogP contribution in [0.15, 0.2) is 0 Å². The molecule has 1 fully saturated rings. The Balaban J connectivity index is 2.38. The number of carbonyl (C=O) groups is 1. The predicted molar refractivity (Wildman–Crippen MR) is 55.1 cm³/mol. The highest BCUT2D eigenvalue weighted by molar-refractivity contribution is 5.81. The fourth-order valence-corrected chi connectivity index (χ4v) is 1.67. The van der Waals surface area contributed by atoms with Crippen LogP contribution in [-0.4, -0.2) is 37.2 Å². The average molecular weight is 200 g/mol. The first-order chi connectivity index (χ1) is 6.42. The number of rotatable bonds is 2. The van der Waals surface area contributed by atoms with Crippen molar-refractivity contribution in [3.63, 3.8) is 0 Å². The van der Waals surface area contributed by atoms with Crippen LogP contribution in [0.4, 0.5) is 0 Å². The largest absolute Gasteiger partial charge is 0.371 e. The summed E-state index contributed by atoms with van der Waals surface area (Å²) in [6.45, 7) is 6.84. The van der Waals surface area contributed by atoms with Crippen LogP contribution in [0.1, 0.15) is 27.2 Å². The second kappa shape index (κ2) is 4.28. The molecule has 4 heteroatoms. The maximum absolute atomic E-state index is 11.3. The van der Waals surface area contributed by atoms with Crippen LogP contribution in [0.3, 0.4) is 0 Å². The number of likely N-dealkylation sites (N-methyl/N-ethyl adjacent to an activating group) is 1. The van der Waals surface area contributed by atoms with E-state index in [1.54, 1.807) is 7.05 Å². The number of nitrogens with one attached hydrogen (secondary N) is 2. The molecule has 0 bridgehead atoms. The van der Waals surface area contributed by atoms with Gasteiger partial charge < -0.3 is 15.4 Å². The summed E-state index contributed by atoms with van der Waals surface area (Å²) in [4.78, 5) is 11.3. The molecule has 1 heterocycles. The van der Waals surface area contributed by atoms with Gasteiger partial charge in [-0.1, -0.05) is 0 Å². The van der Waals surface area contributed by atoms with E-state index in [0.29, 0.717) is 0 Å². The number of amides is 1. The molecule has 2 N–H and O–H groups in total. The van der Waals surface area contributed by atoms with Gasteiger partial charge in [0.2, 0.25) is 5.91 Å². The molecule has 0 spiro atoms. The highest BCUT2D eigenvalue weighted by Crippen LogP contribution is 2.17. The molecule has 4 nitrogen and oxygen atoms in total. The third kappa shape index (κ3) is 3.27. The Morgan fingerprint density at radius 1 is 1.50 bits per heavy atom. The minimum Gasteiger partial charge on any atom is -0.371 e. The topological polar surface area (TPSA) is 50.4 Å².